The fourth-order valence-electron chi connectivity index (χ4n) is 0.539. The molecule has 0 atom stereocenters. The van der Waals surface area contributed by atoms with Crippen LogP contribution in [0.15, 0.2) is 24.3 Å². The molecule has 0 heterocycles. The van der Waals surface area contributed by atoms with Crippen LogP contribution < -0.4 is 0 Å². The maximum Gasteiger partial charge on any atom is 0.330 e. The van der Waals surface area contributed by atoms with E-state index in [4.69, 9.17) is 15.3 Å². The van der Waals surface area contributed by atoms with Gasteiger partial charge in [-0.05, 0) is 20.3 Å². The van der Waals surface area contributed by atoms with Crippen LogP contribution in [0.1, 0.15) is 46.5 Å². The predicted molar refractivity (Wildman–Crippen MR) is 76.1 cm³/mol. The van der Waals surface area contributed by atoms with Gasteiger partial charge in [0, 0.05) is 17.8 Å². The highest BCUT2D eigenvalue weighted by Crippen LogP contribution is 1.96. The molecule has 0 saturated carbocycles. The van der Waals surface area contributed by atoms with Gasteiger partial charge in [0.15, 0.2) is 0 Å². The number of unbranched alkanes of at least 4 members (excludes halogenated alkanes) is 3. The van der Waals surface area contributed by atoms with Crippen molar-refractivity contribution in [3.63, 3.8) is 0 Å². The zero-order chi connectivity index (χ0) is 15.8. The van der Waals surface area contributed by atoms with E-state index in [1.807, 2.05) is 0 Å². The van der Waals surface area contributed by atoms with Crippen LogP contribution >= 0.6 is 0 Å². The van der Waals surface area contributed by atoms with Gasteiger partial charge in [0.1, 0.15) is 0 Å². The van der Waals surface area contributed by atoms with Gasteiger partial charge in [0.05, 0.1) is 0 Å². The monoisotopic (exact) mass is 274 g/mol. The Morgan fingerprint density at radius 3 is 1.37 bits per heavy atom. The molecule has 0 aromatic rings. The molecule has 19 heavy (non-hydrogen) atoms. The highest BCUT2D eigenvalue weighted by atomic mass is 16.4. The molecule has 0 unspecified atom stereocenters. The van der Waals surface area contributed by atoms with Gasteiger partial charge in [-0.1, -0.05) is 39.3 Å². The Labute approximate surface area is 115 Å². The summed E-state index contributed by atoms with van der Waals surface area (Å²) >= 11 is 0. The first-order chi connectivity index (χ1) is 8.70. The summed E-state index contributed by atoms with van der Waals surface area (Å²) in [7, 11) is 0. The van der Waals surface area contributed by atoms with E-state index in [9.17, 15) is 9.59 Å². The highest BCUT2D eigenvalue weighted by Gasteiger charge is 1.90. The number of aliphatic hydroxyl groups is 1. The molecule has 0 aliphatic carbocycles. The van der Waals surface area contributed by atoms with E-state index in [1.54, 1.807) is 0 Å². The zero-order valence-corrected chi connectivity index (χ0v) is 12.1. The van der Waals surface area contributed by atoms with Crippen molar-refractivity contribution in [1.82, 2.24) is 0 Å². The van der Waals surface area contributed by atoms with E-state index >= 15 is 0 Å². The van der Waals surface area contributed by atoms with Gasteiger partial charge in [-0.2, -0.15) is 0 Å². The number of hydrogen-bond donors (Lipinski definition) is 3. The third-order valence-corrected chi connectivity index (χ3v) is 1.74. The lowest BCUT2D eigenvalue weighted by Gasteiger charge is -1.90. The number of aliphatic carboxylic acids is 2. The summed E-state index contributed by atoms with van der Waals surface area (Å²) in [5.41, 5.74) is 0.352. The average Bonchev–Trinajstić information content (AvgIpc) is 2.31. The number of aliphatic hydroxyl groups excluding tert-OH is 1. The van der Waals surface area contributed by atoms with Crippen LogP contribution in [0.25, 0.3) is 0 Å². The number of rotatable bonds is 6. The molecule has 0 bridgehead atoms. The number of carboxylic acids is 2. The highest BCUT2D eigenvalue weighted by molar-refractivity contribution is 5.85. The summed E-state index contributed by atoms with van der Waals surface area (Å²) in [6.45, 7) is 11.7. The zero-order valence-electron chi connectivity index (χ0n) is 12.1. The van der Waals surface area contributed by atoms with E-state index in [1.165, 1.54) is 33.1 Å². The Morgan fingerprint density at radius 1 is 0.895 bits per heavy atom. The molecule has 0 saturated heterocycles. The largest absolute Gasteiger partial charge is 0.478 e. The fraction of sp³-hybridized carbons (Fsp3) is 0.571. The topological polar surface area (TPSA) is 94.8 Å². The normalized spacial score (nSPS) is 8.21. The first-order valence-corrected chi connectivity index (χ1v) is 6.09. The van der Waals surface area contributed by atoms with Gasteiger partial charge in [-0.15, -0.1) is 0 Å². The summed E-state index contributed by atoms with van der Waals surface area (Å²) < 4.78 is 0. The minimum absolute atomic E-state index is 0.176. The van der Waals surface area contributed by atoms with Gasteiger partial charge in [-0.3, -0.25) is 0 Å². The molecule has 0 aromatic heterocycles. The van der Waals surface area contributed by atoms with Crippen molar-refractivity contribution >= 4 is 11.9 Å². The van der Waals surface area contributed by atoms with Crippen LogP contribution in [-0.2, 0) is 9.59 Å². The summed E-state index contributed by atoms with van der Waals surface area (Å²) in [6, 6.07) is 0. The summed E-state index contributed by atoms with van der Waals surface area (Å²) in [6.07, 6.45) is 4.68. The lowest BCUT2D eigenvalue weighted by Crippen LogP contribution is -1.92. The van der Waals surface area contributed by atoms with Gasteiger partial charge in [0.25, 0.3) is 0 Å². The van der Waals surface area contributed by atoms with Crippen molar-refractivity contribution in [2.24, 2.45) is 0 Å². The summed E-state index contributed by atoms with van der Waals surface area (Å²) in [5, 5.41) is 24.1. The molecule has 3 N–H and O–H groups in total. The molecular formula is C14H26O5. The second-order valence-corrected chi connectivity index (χ2v) is 3.96. The molecule has 0 fully saturated rings. The Kier molecular flexibility index (Phi) is 19.4. The molecule has 0 spiro atoms. The first kappa shape index (κ1) is 22.6. The molecule has 0 aromatic carbocycles. The first-order valence-electron chi connectivity index (χ1n) is 6.09. The van der Waals surface area contributed by atoms with Crippen molar-refractivity contribution in [1.29, 1.82) is 0 Å². The van der Waals surface area contributed by atoms with E-state index < -0.39 is 11.9 Å². The predicted octanol–water partition coefficient (Wildman–Crippen LogP) is 2.85. The van der Waals surface area contributed by atoms with Crippen molar-refractivity contribution in [2.75, 3.05) is 6.61 Å². The number of carboxylic acid groups (broad SMARTS) is 2. The molecule has 112 valence electrons. The quantitative estimate of drug-likeness (QED) is 0.511. The van der Waals surface area contributed by atoms with Gasteiger partial charge in [0.2, 0.25) is 0 Å². The minimum atomic E-state index is -0.935. The second kappa shape index (κ2) is 16.4. The SMILES string of the molecule is C=C(C)C(=O)O.C=C(C)C(=O)O.CCCCCCO. The van der Waals surface area contributed by atoms with Crippen molar-refractivity contribution in [2.45, 2.75) is 46.5 Å². The molecule has 0 amide bonds. The van der Waals surface area contributed by atoms with E-state index in [0.717, 1.165) is 6.42 Å². The van der Waals surface area contributed by atoms with Crippen molar-refractivity contribution < 1.29 is 24.9 Å². The van der Waals surface area contributed by atoms with E-state index in [2.05, 4.69) is 20.1 Å². The number of carbonyl (C=O) groups is 2. The Hall–Kier alpha value is -1.62. The summed E-state index contributed by atoms with van der Waals surface area (Å²) in [5.74, 6) is -1.87. The van der Waals surface area contributed by atoms with Crippen LogP contribution in [0.4, 0.5) is 0 Å². The minimum Gasteiger partial charge on any atom is -0.478 e. The van der Waals surface area contributed by atoms with Crippen LogP contribution in [0.2, 0.25) is 0 Å². The Morgan fingerprint density at radius 2 is 1.21 bits per heavy atom. The van der Waals surface area contributed by atoms with Gasteiger partial charge in [-0.25, -0.2) is 9.59 Å². The molecule has 0 radical (unpaired) electrons. The molecule has 0 rings (SSSR count). The molecular weight excluding hydrogens is 248 g/mol. The maximum atomic E-state index is 9.60. The molecule has 0 aliphatic rings. The second-order valence-electron chi connectivity index (χ2n) is 3.96. The van der Waals surface area contributed by atoms with Gasteiger partial charge < -0.3 is 15.3 Å². The number of hydrogen-bond acceptors (Lipinski definition) is 3. The van der Waals surface area contributed by atoms with Crippen LogP contribution in [0.5, 0.6) is 0 Å². The lowest BCUT2D eigenvalue weighted by molar-refractivity contribution is -0.133. The van der Waals surface area contributed by atoms with E-state index in [-0.39, 0.29) is 11.1 Å². The van der Waals surface area contributed by atoms with Crippen LogP contribution in [0.3, 0.4) is 0 Å². The Balaban J connectivity index is -0.000000203. The van der Waals surface area contributed by atoms with Crippen LogP contribution in [0, 0.1) is 0 Å². The Bertz CT molecular complexity index is 230. The van der Waals surface area contributed by atoms with Crippen molar-refractivity contribution in [3.8, 4) is 0 Å². The van der Waals surface area contributed by atoms with Gasteiger partial charge >= 0.3 is 11.9 Å². The molecule has 0 aliphatic heterocycles. The third kappa shape index (κ3) is 31.4. The van der Waals surface area contributed by atoms with Crippen LogP contribution in [-0.4, -0.2) is 33.9 Å². The molecule has 5 nitrogen and oxygen atoms in total. The summed E-state index contributed by atoms with van der Waals surface area (Å²) in [4.78, 5) is 19.2. The molecule has 5 heteroatoms. The lowest BCUT2D eigenvalue weighted by atomic mass is 10.2. The van der Waals surface area contributed by atoms with E-state index in [0.29, 0.717) is 6.61 Å². The van der Waals surface area contributed by atoms with Crippen molar-refractivity contribution in [3.05, 3.63) is 24.3 Å². The third-order valence-electron chi connectivity index (χ3n) is 1.74. The fourth-order valence-corrected chi connectivity index (χ4v) is 0.539. The average molecular weight is 274 g/mol. The maximum absolute atomic E-state index is 9.60. The smallest absolute Gasteiger partial charge is 0.330 e. The standard InChI is InChI=1S/C6H14O.2C4H6O2/c1-2-3-4-5-6-7;2*1-3(2)4(5)6/h7H,2-6H2,1H3;2*1H2,2H3,(H,5,6).